The van der Waals surface area contributed by atoms with E-state index in [1.165, 1.54) is 16.7 Å². The molecule has 1 heterocycles. The highest BCUT2D eigenvalue weighted by molar-refractivity contribution is 7.80. The molecule has 0 spiro atoms. The lowest BCUT2D eigenvalue weighted by Crippen LogP contribution is -2.34. The molecule has 2 N–H and O–H groups in total. The lowest BCUT2D eigenvalue weighted by Gasteiger charge is -2.08. The number of rotatable bonds is 3. The molecular formula is C22H16ClN3OS2. The van der Waals surface area contributed by atoms with Crippen molar-refractivity contribution in [1.82, 2.24) is 10.3 Å². The summed E-state index contributed by atoms with van der Waals surface area (Å²) < 4.78 is 0. The van der Waals surface area contributed by atoms with Crippen LogP contribution in [0.2, 0.25) is 5.02 Å². The van der Waals surface area contributed by atoms with Crippen molar-refractivity contribution in [2.45, 2.75) is 6.92 Å². The first-order valence-electron chi connectivity index (χ1n) is 8.83. The van der Waals surface area contributed by atoms with Crippen LogP contribution >= 0.6 is 35.2 Å². The number of amides is 1. The van der Waals surface area contributed by atoms with Crippen LogP contribution in [0.5, 0.6) is 0 Å². The number of fused-ring (bicyclic) bond motifs is 1. The summed E-state index contributed by atoms with van der Waals surface area (Å²) in [6, 6.07) is 19.7. The second-order valence-corrected chi connectivity index (χ2v) is 8.16. The molecule has 0 saturated carbocycles. The molecule has 4 aromatic rings. The predicted octanol–water partition coefficient (Wildman–Crippen LogP) is 6.05. The highest BCUT2D eigenvalue weighted by atomic mass is 35.5. The van der Waals surface area contributed by atoms with E-state index in [-0.39, 0.29) is 11.0 Å². The molecule has 0 atom stereocenters. The number of benzene rings is 3. The topological polar surface area (TPSA) is 54.0 Å². The van der Waals surface area contributed by atoms with E-state index in [0.29, 0.717) is 15.7 Å². The summed E-state index contributed by atoms with van der Waals surface area (Å²) in [7, 11) is 0. The lowest BCUT2D eigenvalue weighted by molar-refractivity contribution is 0.0978. The van der Waals surface area contributed by atoms with E-state index in [1.807, 2.05) is 36.6 Å². The molecule has 3 aromatic carbocycles. The number of aryl methyl sites for hydroxylation is 1. The van der Waals surface area contributed by atoms with Gasteiger partial charge in [-0.3, -0.25) is 10.1 Å². The average Bonchev–Trinajstić information content (AvgIpc) is 3.15. The summed E-state index contributed by atoms with van der Waals surface area (Å²) in [5.74, 6) is -0.362. The van der Waals surface area contributed by atoms with E-state index in [4.69, 9.17) is 23.8 Å². The van der Waals surface area contributed by atoms with Gasteiger partial charge in [0.15, 0.2) is 10.2 Å². The van der Waals surface area contributed by atoms with Gasteiger partial charge in [-0.25, -0.2) is 4.98 Å². The summed E-state index contributed by atoms with van der Waals surface area (Å²) in [4.78, 5) is 17.0. The van der Waals surface area contributed by atoms with E-state index >= 15 is 0 Å². The Bertz CT molecular complexity index is 1240. The molecule has 4 nitrogen and oxygen atoms in total. The number of carbonyl (C=O) groups excluding carboxylic acids is 1. The minimum atomic E-state index is -0.362. The number of thiazole rings is 1. The third kappa shape index (κ3) is 4.45. The molecule has 0 radical (unpaired) electrons. The summed E-state index contributed by atoms with van der Waals surface area (Å²) in [6.07, 6.45) is 0. The number of halogens is 1. The third-order valence-corrected chi connectivity index (χ3v) is 5.64. The summed E-state index contributed by atoms with van der Waals surface area (Å²) in [5.41, 5.74) is 3.22. The molecule has 0 saturated heterocycles. The fraction of sp³-hybridized carbons (Fsp3) is 0.0455. The van der Waals surface area contributed by atoms with Gasteiger partial charge in [0.05, 0.1) is 16.3 Å². The Morgan fingerprint density at radius 2 is 1.86 bits per heavy atom. The van der Waals surface area contributed by atoms with Crippen molar-refractivity contribution in [1.29, 1.82) is 0 Å². The molecule has 0 aliphatic rings. The number of nitrogens with zero attached hydrogens (tertiary/aromatic N) is 1. The number of hydrogen-bond acceptors (Lipinski definition) is 4. The van der Waals surface area contributed by atoms with E-state index < -0.39 is 0 Å². The fourth-order valence-electron chi connectivity index (χ4n) is 2.92. The maximum atomic E-state index is 12.4. The van der Waals surface area contributed by atoms with E-state index in [9.17, 15) is 4.79 Å². The lowest BCUT2D eigenvalue weighted by atomic mass is 10.1. The number of hydrogen-bond donors (Lipinski definition) is 2. The van der Waals surface area contributed by atoms with Gasteiger partial charge in [0.25, 0.3) is 5.91 Å². The van der Waals surface area contributed by atoms with E-state index in [1.54, 1.807) is 12.1 Å². The Morgan fingerprint density at radius 1 is 1.07 bits per heavy atom. The molecule has 7 heteroatoms. The van der Waals surface area contributed by atoms with Crippen LogP contribution in [-0.2, 0) is 0 Å². The van der Waals surface area contributed by atoms with Gasteiger partial charge < -0.3 is 5.32 Å². The molecule has 29 heavy (non-hydrogen) atoms. The summed E-state index contributed by atoms with van der Waals surface area (Å²) in [6.45, 7) is 1.91. The first kappa shape index (κ1) is 19.5. The molecule has 0 aliphatic carbocycles. The smallest absolute Gasteiger partial charge is 0.258 e. The van der Waals surface area contributed by atoms with Gasteiger partial charge in [0.2, 0.25) is 0 Å². The molecule has 0 fully saturated rings. The van der Waals surface area contributed by atoms with Crippen molar-refractivity contribution in [3.05, 3.63) is 82.2 Å². The van der Waals surface area contributed by atoms with Crippen molar-refractivity contribution in [2.24, 2.45) is 0 Å². The van der Waals surface area contributed by atoms with Gasteiger partial charge >= 0.3 is 0 Å². The number of anilines is 1. The zero-order chi connectivity index (χ0) is 20.4. The second-order valence-electron chi connectivity index (χ2n) is 6.49. The van der Waals surface area contributed by atoms with Gasteiger partial charge in [0.1, 0.15) is 0 Å². The second kappa shape index (κ2) is 8.29. The first-order valence-corrected chi connectivity index (χ1v) is 10.5. The first-order chi connectivity index (χ1) is 14.0. The van der Waals surface area contributed by atoms with Gasteiger partial charge in [-0.15, -0.1) is 11.3 Å². The molecular weight excluding hydrogens is 422 g/mol. The van der Waals surface area contributed by atoms with E-state index in [0.717, 1.165) is 22.2 Å². The number of nitrogens with one attached hydrogen (secondary N) is 2. The molecule has 144 valence electrons. The molecule has 0 aliphatic heterocycles. The number of carbonyl (C=O) groups is 1. The van der Waals surface area contributed by atoms with Crippen LogP contribution in [0.25, 0.3) is 22.0 Å². The van der Waals surface area contributed by atoms with Gasteiger partial charge in [-0.2, -0.15) is 0 Å². The monoisotopic (exact) mass is 437 g/mol. The zero-order valence-electron chi connectivity index (χ0n) is 15.4. The Hall–Kier alpha value is -2.80. The van der Waals surface area contributed by atoms with Crippen LogP contribution in [0.4, 0.5) is 5.13 Å². The third-order valence-electron chi connectivity index (χ3n) is 4.37. The van der Waals surface area contributed by atoms with Gasteiger partial charge in [0, 0.05) is 10.9 Å². The maximum absolute atomic E-state index is 12.4. The number of thiocarbonyl (C=S) groups is 1. The Morgan fingerprint density at radius 3 is 2.66 bits per heavy atom. The van der Waals surface area contributed by atoms with Crippen molar-refractivity contribution < 1.29 is 4.79 Å². The van der Waals surface area contributed by atoms with Gasteiger partial charge in [-0.05, 0) is 53.7 Å². The SMILES string of the molecule is Cc1ccc(C(=O)NC(=S)Nc2nc(-c3ccc4ccccc4c3)cs2)c(Cl)c1. The number of aromatic nitrogens is 1. The van der Waals surface area contributed by atoms with Crippen LogP contribution in [0.1, 0.15) is 15.9 Å². The van der Waals surface area contributed by atoms with Crippen LogP contribution in [0.3, 0.4) is 0 Å². The average molecular weight is 438 g/mol. The van der Waals surface area contributed by atoms with Crippen molar-refractivity contribution >= 4 is 62.1 Å². The minimum Gasteiger partial charge on any atom is -0.308 e. The van der Waals surface area contributed by atoms with Crippen LogP contribution in [0.15, 0.2) is 66.0 Å². The Balaban J connectivity index is 1.45. The summed E-state index contributed by atoms with van der Waals surface area (Å²) in [5, 5.41) is 11.1. The standard InChI is InChI=1S/C22H16ClN3OS2/c1-13-6-9-17(18(23)10-13)20(27)25-21(28)26-22-24-19(12-29-22)16-8-7-14-4-2-3-5-15(14)11-16/h2-12H,1H3,(H2,24,25,26,27,28). The van der Waals surface area contributed by atoms with Gasteiger partial charge in [-0.1, -0.05) is 54.1 Å². The largest absolute Gasteiger partial charge is 0.308 e. The Labute approximate surface area is 182 Å². The van der Waals surface area contributed by atoms with Crippen LogP contribution in [-0.4, -0.2) is 16.0 Å². The van der Waals surface area contributed by atoms with Crippen molar-refractivity contribution in [3.63, 3.8) is 0 Å². The fourth-order valence-corrected chi connectivity index (χ4v) is 4.21. The summed E-state index contributed by atoms with van der Waals surface area (Å²) >= 11 is 12.8. The van der Waals surface area contributed by atoms with Crippen molar-refractivity contribution in [2.75, 3.05) is 5.32 Å². The molecule has 1 amide bonds. The molecule has 0 bridgehead atoms. The maximum Gasteiger partial charge on any atom is 0.258 e. The highest BCUT2D eigenvalue weighted by Crippen LogP contribution is 2.27. The minimum absolute atomic E-state index is 0.172. The van der Waals surface area contributed by atoms with Crippen LogP contribution in [0, 0.1) is 6.92 Å². The molecule has 0 unspecified atom stereocenters. The van der Waals surface area contributed by atoms with Crippen LogP contribution < -0.4 is 10.6 Å². The zero-order valence-corrected chi connectivity index (χ0v) is 17.8. The normalized spacial score (nSPS) is 10.7. The molecule has 1 aromatic heterocycles. The van der Waals surface area contributed by atoms with E-state index in [2.05, 4.69) is 39.9 Å². The van der Waals surface area contributed by atoms with Crippen molar-refractivity contribution in [3.8, 4) is 11.3 Å². The predicted molar refractivity (Wildman–Crippen MR) is 125 cm³/mol. The highest BCUT2D eigenvalue weighted by Gasteiger charge is 2.13. The quantitative estimate of drug-likeness (QED) is 0.383. The molecule has 4 rings (SSSR count). The Kier molecular flexibility index (Phi) is 5.58.